The van der Waals surface area contributed by atoms with Crippen molar-refractivity contribution in [2.45, 2.75) is 38.6 Å². The lowest BCUT2D eigenvalue weighted by Crippen LogP contribution is -2.38. The normalized spacial score (nSPS) is 13.8. The van der Waals surface area contributed by atoms with E-state index in [1.165, 1.54) is 16.6 Å². The van der Waals surface area contributed by atoms with Gasteiger partial charge in [-0.05, 0) is 25.8 Å². The van der Waals surface area contributed by atoms with Crippen LogP contribution >= 0.6 is 11.6 Å². The summed E-state index contributed by atoms with van der Waals surface area (Å²) in [7, 11) is -2.00. The number of pyridine rings is 1. The van der Waals surface area contributed by atoms with Crippen LogP contribution in [0.25, 0.3) is 0 Å². The van der Waals surface area contributed by atoms with Gasteiger partial charge >= 0.3 is 0 Å². The Bertz CT molecular complexity index is 561. The Labute approximate surface area is 126 Å². The molecule has 1 heterocycles. The van der Waals surface area contributed by atoms with Gasteiger partial charge < -0.3 is 5.32 Å². The third-order valence-corrected chi connectivity index (χ3v) is 5.57. The molecule has 1 aromatic rings. The average molecular weight is 320 g/mol. The standard InChI is InChI=1S/C13H22ClN3O2S/c1-6-15-13-12(14)7-11(8-16-13)20(18,19)17(5)10(4)9(2)3/h7-10H,6H2,1-5H3,(H,15,16). The molecule has 1 aromatic heterocycles. The maximum atomic E-state index is 12.5. The van der Waals surface area contributed by atoms with Gasteiger partial charge in [0.2, 0.25) is 10.0 Å². The summed E-state index contributed by atoms with van der Waals surface area (Å²) in [5.41, 5.74) is 0. The SMILES string of the molecule is CCNc1ncc(S(=O)(=O)N(C)C(C)C(C)C)cc1Cl. The van der Waals surface area contributed by atoms with Crippen LogP contribution in [0.4, 0.5) is 5.82 Å². The molecular weight excluding hydrogens is 298 g/mol. The van der Waals surface area contributed by atoms with E-state index in [9.17, 15) is 8.42 Å². The van der Waals surface area contributed by atoms with Crippen molar-refractivity contribution in [3.63, 3.8) is 0 Å². The molecule has 0 spiro atoms. The molecular formula is C13H22ClN3O2S. The predicted molar refractivity (Wildman–Crippen MR) is 82.7 cm³/mol. The number of nitrogens with one attached hydrogen (secondary N) is 1. The minimum Gasteiger partial charge on any atom is -0.369 e. The number of rotatable bonds is 6. The fourth-order valence-electron chi connectivity index (χ4n) is 1.66. The Morgan fingerprint density at radius 1 is 1.40 bits per heavy atom. The Balaban J connectivity index is 3.13. The molecule has 0 aliphatic heterocycles. The number of hydrogen-bond acceptors (Lipinski definition) is 4. The summed E-state index contributed by atoms with van der Waals surface area (Å²) in [5, 5.41) is 3.28. The van der Waals surface area contributed by atoms with E-state index in [0.29, 0.717) is 17.4 Å². The maximum Gasteiger partial charge on any atom is 0.244 e. The quantitative estimate of drug-likeness (QED) is 0.875. The van der Waals surface area contributed by atoms with Gasteiger partial charge in [0.05, 0.1) is 5.02 Å². The first-order chi connectivity index (χ1) is 9.21. The monoisotopic (exact) mass is 319 g/mol. The lowest BCUT2D eigenvalue weighted by molar-refractivity contribution is 0.315. The first-order valence-corrected chi connectivity index (χ1v) is 8.41. The van der Waals surface area contributed by atoms with E-state index in [0.717, 1.165) is 0 Å². The molecule has 1 rings (SSSR count). The maximum absolute atomic E-state index is 12.5. The van der Waals surface area contributed by atoms with Gasteiger partial charge in [-0.25, -0.2) is 13.4 Å². The first-order valence-electron chi connectivity index (χ1n) is 6.59. The predicted octanol–water partition coefficient (Wildman–Crippen LogP) is 2.83. The molecule has 0 bridgehead atoms. The zero-order valence-corrected chi connectivity index (χ0v) is 14.1. The third-order valence-electron chi connectivity index (χ3n) is 3.38. The zero-order chi connectivity index (χ0) is 15.5. The van der Waals surface area contributed by atoms with Gasteiger partial charge in [-0.2, -0.15) is 4.31 Å². The largest absolute Gasteiger partial charge is 0.369 e. The van der Waals surface area contributed by atoms with Crippen molar-refractivity contribution in [2.24, 2.45) is 5.92 Å². The van der Waals surface area contributed by atoms with E-state index in [4.69, 9.17) is 11.6 Å². The number of anilines is 1. The molecule has 7 heteroatoms. The van der Waals surface area contributed by atoms with Gasteiger partial charge in [-0.15, -0.1) is 0 Å². The second-order valence-electron chi connectivity index (χ2n) is 5.04. The lowest BCUT2D eigenvalue weighted by Gasteiger charge is -2.27. The van der Waals surface area contributed by atoms with Crippen LogP contribution in [0.1, 0.15) is 27.7 Å². The lowest BCUT2D eigenvalue weighted by atomic mass is 10.1. The van der Waals surface area contributed by atoms with Gasteiger partial charge in [0, 0.05) is 25.8 Å². The van der Waals surface area contributed by atoms with Crippen molar-refractivity contribution in [1.82, 2.24) is 9.29 Å². The van der Waals surface area contributed by atoms with Crippen molar-refractivity contribution in [3.8, 4) is 0 Å². The summed E-state index contributed by atoms with van der Waals surface area (Å²) in [6.45, 7) is 8.43. The van der Waals surface area contributed by atoms with Gasteiger partial charge in [-0.3, -0.25) is 0 Å². The summed E-state index contributed by atoms with van der Waals surface area (Å²) in [4.78, 5) is 4.18. The molecule has 0 saturated carbocycles. The topological polar surface area (TPSA) is 62.3 Å². The van der Waals surface area contributed by atoms with E-state index in [1.807, 2.05) is 27.7 Å². The van der Waals surface area contributed by atoms with E-state index in [-0.39, 0.29) is 16.9 Å². The number of nitrogens with zero attached hydrogens (tertiary/aromatic N) is 2. The molecule has 0 amide bonds. The van der Waals surface area contributed by atoms with Crippen LogP contribution in [0, 0.1) is 5.92 Å². The molecule has 0 radical (unpaired) electrons. The van der Waals surface area contributed by atoms with Crippen molar-refractivity contribution in [3.05, 3.63) is 17.3 Å². The van der Waals surface area contributed by atoms with Crippen LogP contribution in [-0.2, 0) is 10.0 Å². The molecule has 1 unspecified atom stereocenters. The minimum atomic E-state index is -3.58. The summed E-state index contributed by atoms with van der Waals surface area (Å²) in [5.74, 6) is 0.715. The number of halogens is 1. The molecule has 20 heavy (non-hydrogen) atoms. The van der Waals surface area contributed by atoms with Crippen molar-refractivity contribution in [1.29, 1.82) is 0 Å². The van der Waals surface area contributed by atoms with Crippen LogP contribution in [0.15, 0.2) is 17.2 Å². The van der Waals surface area contributed by atoms with Crippen LogP contribution in [0.5, 0.6) is 0 Å². The van der Waals surface area contributed by atoms with Gasteiger partial charge in [0.25, 0.3) is 0 Å². The van der Waals surface area contributed by atoms with E-state index in [1.54, 1.807) is 7.05 Å². The highest BCUT2D eigenvalue weighted by Crippen LogP contribution is 2.25. The number of aromatic nitrogens is 1. The Morgan fingerprint density at radius 2 is 2.00 bits per heavy atom. The number of hydrogen-bond donors (Lipinski definition) is 1. The fraction of sp³-hybridized carbons (Fsp3) is 0.615. The molecule has 0 saturated heterocycles. The molecule has 1 N–H and O–H groups in total. The third kappa shape index (κ3) is 3.62. The summed E-state index contributed by atoms with van der Waals surface area (Å²) < 4.78 is 26.4. The molecule has 1 atom stereocenters. The second-order valence-corrected chi connectivity index (χ2v) is 7.44. The molecule has 0 aliphatic rings. The molecule has 0 aliphatic carbocycles. The zero-order valence-electron chi connectivity index (χ0n) is 12.5. The van der Waals surface area contributed by atoms with Crippen LogP contribution < -0.4 is 5.32 Å². The van der Waals surface area contributed by atoms with Crippen molar-refractivity contribution >= 4 is 27.4 Å². The summed E-state index contributed by atoms with van der Waals surface area (Å²) >= 11 is 6.05. The fourth-order valence-corrected chi connectivity index (χ4v) is 3.43. The van der Waals surface area contributed by atoms with Gasteiger partial charge in [0.15, 0.2) is 0 Å². The number of sulfonamides is 1. The van der Waals surface area contributed by atoms with Crippen molar-refractivity contribution in [2.75, 3.05) is 18.9 Å². The van der Waals surface area contributed by atoms with Gasteiger partial charge in [-0.1, -0.05) is 25.4 Å². The van der Waals surface area contributed by atoms with Gasteiger partial charge in [0.1, 0.15) is 10.7 Å². The molecule has 0 fully saturated rings. The van der Waals surface area contributed by atoms with Crippen LogP contribution in [-0.4, -0.2) is 37.3 Å². The van der Waals surface area contributed by atoms with Crippen LogP contribution in [0.2, 0.25) is 5.02 Å². The molecule has 114 valence electrons. The first kappa shape index (κ1) is 17.2. The second kappa shape index (κ2) is 6.74. The van der Waals surface area contributed by atoms with Crippen LogP contribution in [0.3, 0.4) is 0 Å². The highest BCUT2D eigenvalue weighted by Gasteiger charge is 2.27. The Kier molecular flexibility index (Phi) is 5.79. The molecule has 0 aromatic carbocycles. The molecule has 5 nitrogen and oxygen atoms in total. The van der Waals surface area contributed by atoms with Crippen molar-refractivity contribution < 1.29 is 8.42 Å². The summed E-state index contributed by atoms with van der Waals surface area (Å²) in [6.07, 6.45) is 1.34. The smallest absolute Gasteiger partial charge is 0.244 e. The van der Waals surface area contributed by atoms with E-state index < -0.39 is 10.0 Å². The Hall–Kier alpha value is -0.850. The Morgan fingerprint density at radius 3 is 2.45 bits per heavy atom. The highest BCUT2D eigenvalue weighted by atomic mass is 35.5. The average Bonchev–Trinajstić information content (AvgIpc) is 2.39. The minimum absolute atomic E-state index is 0.104. The van der Waals surface area contributed by atoms with E-state index in [2.05, 4.69) is 10.3 Å². The highest BCUT2D eigenvalue weighted by molar-refractivity contribution is 7.89. The summed E-state index contributed by atoms with van der Waals surface area (Å²) in [6, 6.07) is 1.33. The van der Waals surface area contributed by atoms with E-state index >= 15 is 0 Å².